The summed E-state index contributed by atoms with van der Waals surface area (Å²) in [5.74, 6) is 1.90. The van der Waals surface area contributed by atoms with Crippen molar-refractivity contribution in [3.63, 3.8) is 0 Å². The van der Waals surface area contributed by atoms with E-state index in [4.69, 9.17) is 42.6 Å². The van der Waals surface area contributed by atoms with E-state index in [2.05, 4.69) is 33.8 Å². The van der Waals surface area contributed by atoms with E-state index in [-0.39, 0.29) is 29.6 Å². The summed E-state index contributed by atoms with van der Waals surface area (Å²) < 4.78 is 55.4. The van der Waals surface area contributed by atoms with Crippen LogP contribution in [-0.2, 0) is 47.4 Å². The van der Waals surface area contributed by atoms with Crippen LogP contribution < -0.4 is 0 Å². The summed E-state index contributed by atoms with van der Waals surface area (Å²) in [6.07, 6.45) is -9.46. The lowest BCUT2D eigenvalue weighted by Crippen LogP contribution is -2.66. The molecule has 0 radical (unpaired) electrons. The summed E-state index contributed by atoms with van der Waals surface area (Å²) in [7, 11) is 0. The Morgan fingerprint density at radius 3 is 2.25 bits per heavy atom. The molecule has 0 amide bonds. The SMILES string of the molecule is CC(=O)O[C@@H]1[C@@H](O)[C@@H](O)[C@H](O[C@H]2[C@H](O[C@H]3CC[C@@]4(C)C(=CC[C@H]5[C@@H]6C[C@@H]7O[C@]8(CC[C@@H](C)CO8)[C@@H](C)[C@@H]7[C@@]6(C)CC[C@@H]54)C3)O[C@H](CO)[C@@H](O[C@@H]3OC[C@@H](O)[C@H](O)[C@H]3O)[C@@H]2O)O[C@H]1C. The maximum Gasteiger partial charge on any atom is 0.303 e. The van der Waals surface area contributed by atoms with Gasteiger partial charge in [0.15, 0.2) is 30.8 Å². The Morgan fingerprint density at radius 1 is 0.794 bits per heavy atom. The van der Waals surface area contributed by atoms with Gasteiger partial charge in [0.25, 0.3) is 0 Å². The van der Waals surface area contributed by atoms with E-state index in [0.717, 1.165) is 51.6 Å². The van der Waals surface area contributed by atoms with Crippen molar-refractivity contribution in [2.75, 3.05) is 19.8 Å². The Kier molecular flexibility index (Phi) is 13.1. The lowest BCUT2D eigenvalue weighted by molar-refractivity contribution is -0.386. The molecule has 5 aliphatic heterocycles. The average molecular weight is 897 g/mol. The number of aliphatic hydroxyl groups excluding tert-OH is 7. The molecule has 63 heavy (non-hydrogen) atoms. The lowest BCUT2D eigenvalue weighted by atomic mass is 9.47. The van der Waals surface area contributed by atoms with Crippen LogP contribution in [0.4, 0.5) is 0 Å². The standard InChI is InChI=1S/C46H72O17/c1-20-9-14-46(56-18-20)21(2)32-30(63-46)16-28-26-8-7-24-15-25(10-12-44(24,5)27(26)11-13-45(28,32)6)59-43-40(62-42-36(53)34(51)38(22(3)57-42)58-23(4)48)37(54)39(31(17-47)60-43)61-41-35(52)33(50)29(49)19-55-41/h7,20-22,25-43,47,49-54H,8-19H2,1-6H3/t20-,21+,22+,25+,26-,27+,28+,29-,30+,31-,32+,33+,34+,35-,36-,37+,38+,39-,40-,41+,42+,43-,44+,45+,46-/m1/s1. The van der Waals surface area contributed by atoms with E-state index in [1.54, 1.807) is 6.92 Å². The van der Waals surface area contributed by atoms with Gasteiger partial charge in [-0.15, -0.1) is 0 Å². The van der Waals surface area contributed by atoms with Crippen molar-refractivity contribution >= 4 is 5.97 Å². The molecule has 0 aromatic carbocycles. The smallest absolute Gasteiger partial charge is 0.303 e. The van der Waals surface area contributed by atoms with Gasteiger partial charge >= 0.3 is 5.97 Å². The van der Waals surface area contributed by atoms with Crippen molar-refractivity contribution in [2.24, 2.45) is 46.3 Å². The fourth-order valence-corrected chi connectivity index (χ4v) is 14.1. The maximum atomic E-state index is 12.0. The molecular formula is C46H72O17. The van der Waals surface area contributed by atoms with Gasteiger partial charge in [0.2, 0.25) is 0 Å². The van der Waals surface area contributed by atoms with Crippen LogP contribution in [0.25, 0.3) is 0 Å². The fourth-order valence-electron chi connectivity index (χ4n) is 14.1. The molecule has 8 fully saturated rings. The highest BCUT2D eigenvalue weighted by Crippen LogP contribution is 2.70. The van der Waals surface area contributed by atoms with Gasteiger partial charge < -0.3 is 78.4 Å². The molecule has 0 unspecified atom stereocenters. The van der Waals surface area contributed by atoms with Crippen molar-refractivity contribution in [1.82, 2.24) is 0 Å². The van der Waals surface area contributed by atoms with E-state index >= 15 is 0 Å². The fraction of sp³-hybridized carbons (Fsp3) is 0.935. The number of allylic oxidation sites excluding steroid dienone is 1. The monoisotopic (exact) mass is 896 g/mol. The molecule has 7 N–H and O–H groups in total. The van der Waals surface area contributed by atoms with Crippen LogP contribution in [0.15, 0.2) is 11.6 Å². The van der Waals surface area contributed by atoms with Crippen molar-refractivity contribution < 1.29 is 83.2 Å². The van der Waals surface area contributed by atoms with E-state index in [0.29, 0.717) is 48.3 Å². The van der Waals surface area contributed by atoms with Crippen LogP contribution in [0.1, 0.15) is 99.3 Å². The van der Waals surface area contributed by atoms with Gasteiger partial charge in [-0.1, -0.05) is 39.3 Å². The number of esters is 1. The van der Waals surface area contributed by atoms with Crippen LogP contribution in [0.3, 0.4) is 0 Å². The highest BCUT2D eigenvalue weighted by molar-refractivity contribution is 5.66. The Balaban J connectivity index is 0.916. The van der Waals surface area contributed by atoms with E-state index in [1.165, 1.54) is 12.5 Å². The molecule has 3 saturated carbocycles. The van der Waals surface area contributed by atoms with Crippen molar-refractivity contribution in [2.45, 2.75) is 203 Å². The van der Waals surface area contributed by atoms with Gasteiger partial charge in [0.1, 0.15) is 54.9 Å². The number of rotatable bonds is 8. The second-order valence-corrected chi connectivity index (χ2v) is 21.2. The molecule has 5 heterocycles. The third-order valence-corrected chi connectivity index (χ3v) is 17.6. The molecule has 17 heteroatoms. The van der Waals surface area contributed by atoms with Crippen LogP contribution in [-0.4, -0.2) is 166 Å². The van der Waals surface area contributed by atoms with Gasteiger partial charge in [-0.25, -0.2) is 0 Å². The first kappa shape index (κ1) is 46.7. The lowest BCUT2D eigenvalue weighted by Gasteiger charge is -2.58. The molecule has 0 bridgehead atoms. The second kappa shape index (κ2) is 17.6. The van der Waals surface area contributed by atoms with Crippen molar-refractivity contribution in [1.29, 1.82) is 0 Å². The minimum atomic E-state index is -1.73. The predicted octanol–water partition coefficient (Wildman–Crippen LogP) is 1.42. The summed E-state index contributed by atoms with van der Waals surface area (Å²) in [5, 5.41) is 75.8. The molecule has 4 aliphatic carbocycles. The number of ether oxygens (including phenoxy) is 9. The number of aliphatic hydroxyl groups is 7. The third-order valence-electron chi connectivity index (χ3n) is 17.6. The van der Waals surface area contributed by atoms with Gasteiger partial charge in [-0.05, 0) is 98.7 Å². The molecule has 17 nitrogen and oxygen atoms in total. The van der Waals surface area contributed by atoms with E-state index in [9.17, 15) is 40.5 Å². The quantitative estimate of drug-likeness (QED) is 0.135. The average Bonchev–Trinajstić information content (AvgIpc) is 3.70. The molecule has 0 aromatic heterocycles. The summed E-state index contributed by atoms with van der Waals surface area (Å²) in [6.45, 7) is 12.1. The van der Waals surface area contributed by atoms with Gasteiger partial charge in [0.05, 0.1) is 38.1 Å². The van der Waals surface area contributed by atoms with Gasteiger partial charge in [-0.2, -0.15) is 0 Å². The minimum absolute atomic E-state index is 0.0304. The first-order valence-electron chi connectivity index (χ1n) is 23.7. The second-order valence-electron chi connectivity index (χ2n) is 21.2. The molecule has 25 atom stereocenters. The number of fused-ring (bicyclic) bond motifs is 7. The largest absolute Gasteiger partial charge is 0.457 e. The van der Waals surface area contributed by atoms with Crippen molar-refractivity contribution in [3.05, 3.63) is 11.6 Å². The zero-order valence-electron chi connectivity index (χ0n) is 37.5. The summed E-state index contributed by atoms with van der Waals surface area (Å²) in [5.41, 5.74) is 1.50. The summed E-state index contributed by atoms with van der Waals surface area (Å²) in [6, 6.07) is 0. The first-order chi connectivity index (χ1) is 29.9. The molecule has 9 rings (SSSR count). The Labute approximate surface area is 369 Å². The van der Waals surface area contributed by atoms with Crippen LogP contribution in [0.2, 0.25) is 0 Å². The van der Waals surface area contributed by atoms with Crippen LogP contribution in [0.5, 0.6) is 0 Å². The summed E-state index contributed by atoms with van der Waals surface area (Å²) in [4.78, 5) is 11.8. The van der Waals surface area contributed by atoms with Crippen LogP contribution in [0, 0.1) is 46.3 Å². The van der Waals surface area contributed by atoms with Crippen LogP contribution >= 0.6 is 0 Å². The number of hydrogen-bond donors (Lipinski definition) is 7. The molecule has 1 spiro atoms. The Hall–Kier alpha value is -1.39. The predicted molar refractivity (Wildman–Crippen MR) is 218 cm³/mol. The maximum absolute atomic E-state index is 12.0. The molecule has 0 aromatic rings. The highest BCUT2D eigenvalue weighted by atomic mass is 16.8. The number of carbonyl (C=O) groups excluding carboxylic acids is 1. The third kappa shape index (κ3) is 7.97. The molecule has 9 aliphatic rings. The Bertz CT molecular complexity index is 1670. The Morgan fingerprint density at radius 2 is 1.54 bits per heavy atom. The molecular weight excluding hydrogens is 824 g/mol. The summed E-state index contributed by atoms with van der Waals surface area (Å²) >= 11 is 0. The zero-order valence-corrected chi connectivity index (χ0v) is 37.5. The van der Waals surface area contributed by atoms with Gasteiger partial charge in [-0.3, -0.25) is 4.79 Å². The minimum Gasteiger partial charge on any atom is -0.457 e. The highest BCUT2D eigenvalue weighted by Gasteiger charge is 2.69. The zero-order chi connectivity index (χ0) is 44.9. The van der Waals surface area contributed by atoms with E-state index < -0.39 is 104 Å². The number of carbonyl (C=O) groups is 1. The van der Waals surface area contributed by atoms with Gasteiger partial charge in [0, 0.05) is 19.3 Å². The number of hydrogen-bond acceptors (Lipinski definition) is 17. The van der Waals surface area contributed by atoms with E-state index in [1.807, 2.05) is 0 Å². The first-order valence-corrected chi connectivity index (χ1v) is 23.7. The van der Waals surface area contributed by atoms with Crippen molar-refractivity contribution in [3.8, 4) is 0 Å². The topological polar surface area (TPSA) is 242 Å². The normalized spacial score (nSPS) is 55.6. The molecule has 5 saturated heterocycles. The molecule has 358 valence electrons.